The minimum atomic E-state index is -0.364. The Kier molecular flexibility index (Phi) is 5.66. The quantitative estimate of drug-likeness (QED) is 0.288. The molecule has 30 heavy (non-hydrogen) atoms. The lowest BCUT2D eigenvalue weighted by Crippen LogP contribution is -2.12. The summed E-state index contributed by atoms with van der Waals surface area (Å²) in [6, 6.07) is 18.9. The molecule has 0 spiro atoms. The molecule has 1 heterocycles. The molecule has 152 valence electrons. The van der Waals surface area contributed by atoms with Crippen molar-refractivity contribution in [2.45, 2.75) is 33.1 Å². The van der Waals surface area contributed by atoms with Gasteiger partial charge in [0.2, 0.25) is 0 Å². The molecule has 4 aromatic rings. The van der Waals surface area contributed by atoms with Crippen LogP contribution >= 0.6 is 0 Å². The van der Waals surface area contributed by atoms with E-state index in [1.54, 1.807) is 0 Å². The number of ether oxygens (including phenoxy) is 1. The number of aryl methyl sites for hydroxylation is 2. The van der Waals surface area contributed by atoms with Gasteiger partial charge in [-0.3, -0.25) is 4.79 Å². The summed E-state index contributed by atoms with van der Waals surface area (Å²) in [5.41, 5.74) is 2.56. The SMILES string of the molecule is CCCCc1cc(=O)oc2cc(C)cc(OCC(=O)c3ccc4ccccc4c3)c12. The van der Waals surface area contributed by atoms with E-state index in [-0.39, 0.29) is 18.0 Å². The standard InChI is InChI=1S/C26H24O4/c1-3-4-7-21-15-25(28)30-24-13-17(2)12-23(26(21)24)29-16-22(27)20-11-10-18-8-5-6-9-19(18)14-20/h5-6,8-15H,3-4,7,16H2,1-2H3. The van der Waals surface area contributed by atoms with Crippen molar-refractivity contribution in [3.05, 3.63) is 87.8 Å². The Morgan fingerprint density at radius 3 is 2.60 bits per heavy atom. The summed E-state index contributed by atoms with van der Waals surface area (Å²) in [5.74, 6) is 0.483. The van der Waals surface area contributed by atoms with Gasteiger partial charge in [-0.1, -0.05) is 49.7 Å². The lowest BCUT2D eigenvalue weighted by atomic mass is 10.0. The number of fused-ring (bicyclic) bond motifs is 2. The Labute approximate surface area is 175 Å². The van der Waals surface area contributed by atoms with E-state index in [1.807, 2.05) is 61.5 Å². The second kappa shape index (κ2) is 8.54. The van der Waals surface area contributed by atoms with E-state index in [4.69, 9.17) is 9.15 Å². The fraction of sp³-hybridized carbons (Fsp3) is 0.231. The third kappa shape index (κ3) is 4.13. The number of Topliss-reactive ketones (excluding diaryl/α,β-unsaturated/α-hetero) is 1. The monoisotopic (exact) mass is 400 g/mol. The normalized spacial score (nSPS) is 11.1. The first kappa shape index (κ1) is 19.9. The van der Waals surface area contributed by atoms with Crippen LogP contribution < -0.4 is 10.4 Å². The van der Waals surface area contributed by atoms with Crippen LogP contribution in [0.25, 0.3) is 21.7 Å². The molecule has 0 fully saturated rings. The fourth-order valence-electron chi connectivity index (χ4n) is 3.74. The average molecular weight is 400 g/mol. The zero-order valence-corrected chi connectivity index (χ0v) is 17.2. The second-order valence-corrected chi connectivity index (χ2v) is 7.60. The molecule has 0 radical (unpaired) electrons. The minimum absolute atomic E-state index is 0.0801. The average Bonchev–Trinajstić information content (AvgIpc) is 2.74. The zero-order chi connectivity index (χ0) is 21.1. The lowest BCUT2D eigenvalue weighted by Gasteiger charge is -2.13. The molecule has 0 unspecified atom stereocenters. The van der Waals surface area contributed by atoms with Gasteiger partial charge in [-0.05, 0) is 59.9 Å². The Morgan fingerprint density at radius 2 is 1.80 bits per heavy atom. The summed E-state index contributed by atoms with van der Waals surface area (Å²) < 4.78 is 11.4. The number of carbonyl (C=O) groups excluding carboxylic acids is 1. The number of ketones is 1. The van der Waals surface area contributed by atoms with Crippen LogP contribution in [-0.4, -0.2) is 12.4 Å². The molecule has 0 atom stereocenters. The van der Waals surface area contributed by atoms with E-state index < -0.39 is 0 Å². The molecule has 0 saturated heterocycles. The molecule has 0 aliphatic heterocycles. The summed E-state index contributed by atoms with van der Waals surface area (Å²) in [6.07, 6.45) is 2.74. The van der Waals surface area contributed by atoms with Crippen LogP contribution in [0.2, 0.25) is 0 Å². The molecule has 0 N–H and O–H groups in total. The summed E-state index contributed by atoms with van der Waals surface area (Å²) in [5, 5.41) is 2.89. The number of unbranched alkanes of at least 4 members (excludes halogenated alkanes) is 1. The first-order valence-corrected chi connectivity index (χ1v) is 10.3. The molecule has 4 nitrogen and oxygen atoms in total. The molecule has 0 bridgehead atoms. The first-order chi connectivity index (χ1) is 14.5. The zero-order valence-electron chi connectivity index (χ0n) is 17.2. The van der Waals surface area contributed by atoms with Crippen molar-refractivity contribution >= 4 is 27.5 Å². The molecule has 1 aromatic heterocycles. The summed E-state index contributed by atoms with van der Waals surface area (Å²) >= 11 is 0. The van der Waals surface area contributed by atoms with Gasteiger partial charge in [-0.2, -0.15) is 0 Å². The van der Waals surface area contributed by atoms with Gasteiger partial charge in [0, 0.05) is 11.6 Å². The Hall–Kier alpha value is -3.40. The molecular weight excluding hydrogens is 376 g/mol. The lowest BCUT2D eigenvalue weighted by molar-refractivity contribution is 0.0922. The maximum atomic E-state index is 12.8. The van der Waals surface area contributed by atoms with Gasteiger partial charge in [0.1, 0.15) is 11.3 Å². The highest BCUT2D eigenvalue weighted by molar-refractivity contribution is 6.01. The molecule has 0 aliphatic carbocycles. The Bertz CT molecular complexity index is 1280. The molecule has 0 aliphatic rings. The molecule has 0 saturated carbocycles. The van der Waals surface area contributed by atoms with Gasteiger partial charge < -0.3 is 9.15 Å². The Balaban J connectivity index is 1.65. The van der Waals surface area contributed by atoms with Gasteiger partial charge in [-0.25, -0.2) is 4.79 Å². The number of rotatable bonds is 7. The predicted molar refractivity (Wildman–Crippen MR) is 120 cm³/mol. The van der Waals surface area contributed by atoms with Crippen LogP contribution in [0.5, 0.6) is 5.75 Å². The van der Waals surface area contributed by atoms with E-state index in [2.05, 4.69) is 6.92 Å². The van der Waals surface area contributed by atoms with Crippen LogP contribution in [0.4, 0.5) is 0 Å². The van der Waals surface area contributed by atoms with Crippen LogP contribution in [0.15, 0.2) is 69.9 Å². The highest BCUT2D eigenvalue weighted by Gasteiger charge is 2.15. The van der Waals surface area contributed by atoms with Crippen molar-refractivity contribution in [3.63, 3.8) is 0 Å². The van der Waals surface area contributed by atoms with Gasteiger partial charge in [0.25, 0.3) is 0 Å². The summed E-state index contributed by atoms with van der Waals surface area (Å²) in [6.45, 7) is 3.94. The molecule has 4 rings (SSSR count). The highest BCUT2D eigenvalue weighted by atomic mass is 16.5. The third-order valence-corrected chi connectivity index (χ3v) is 5.26. The van der Waals surface area contributed by atoms with Gasteiger partial charge >= 0.3 is 5.63 Å². The Morgan fingerprint density at radius 1 is 1.00 bits per heavy atom. The molecular formula is C26H24O4. The number of hydrogen-bond donors (Lipinski definition) is 0. The molecule has 4 heteroatoms. The molecule has 0 amide bonds. The van der Waals surface area contributed by atoms with Crippen LogP contribution in [0.1, 0.15) is 41.3 Å². The second-order valence-electron chi connectivity index (χ2n) is 7.60. The first-order valence-electron chi connectivity index (χ1n) is 10.3. The largest absolute Gasteiger partial charge is 0.485 e. The third-order valence-electron chi connectivity index (χ3n) is 5.26. The van der Waals surface area contributed by atoms with Crippen molar-refractivity contribution in [1.82, 2.24) is 0 Å². The van der Waals surface area contributed by atoms with Crippen molar-refractivity contribution in [1.29, 1.82) is 0 Å². The van der Waals surface area contributed by atoms with E-state index >= 15 is 0 Å². The van der Waals surface area contributed by atoms with E-state index in [0.29, 0.717) is 16.9 Å². The summed E-state index contributed by atoms with van der Waals surface area (Å²) in [7, 11) is 0. The smallest absolute Gasteiger partial charge is 0.336 e. The number of benzene rings is 3. The molecule has 3 aromatic carbocycles. The van der Waals surface area contributed by atoms with Crippen molar-refractivity contribution < 1.29 is 13.9 Å². The minimum Gasteiger partial charge on any atom is -0.485 e. The van der Waals surface area contributed by atoms with E-state index in [0.717, 1.165) is 46.5 Å². The fourth-order valence-corrected chi connectivity index (χ4v) is 3.74. The number of carbonyl (C=O) groups is 1. The van der Waals surface area contributed by atoms with Gasteiger partial charge in [0.05, 0.1) is 5.39 Å². The van der Waals surface area contributed by atoms with Crippen LogP contribution in [0, 0.1) is 6.92 Å². The maximum absolute atomic E-state index is 12.8. The summed E-state index contributed by atoms with van der Waals surface area (Å²) in [4.78, 5) is 24.8. The van der Waals surface area contributed by atoms with Crippen LogP contribution in [-0.2, 0) is 6.42 Å². The van der Waals surface area contributed by atoms with Crippen LogP contribution in [0.3, 0.4) is 0 Å². The highest BCUT2D eigenvalue weighted by Crippen LogP contribution is 2.31. The van der Waals surface area contributed by atoms with Crippen molar-refractivity contribution in [2.75, 3.05) is 6.61 Å². The predicted octanol–water partition coefficient (Wildman–Crippen LogP) is 5.86. The number of hydrogen-bond acceptors (Lipinski definition) is 4. The van der Waals surface area contributed by atoms with Crippen molar-refractivity contribution in [2.24, 2.45) is 0 Å². The van der Waals surface area contributed by atoms with Gasteiger partial charge in [-0.15, -0.1) is 0 Å². The maximum Gasteiger partial charge on any atom is 0.336 e. The van der Waals surface area contributed by atoms with E-state index in [9.17, 15) is 9.59 Å². The van der Waals surface area contributed by atoms with E-state index in [1.165, 1.54) is 6.07 Å². The van der Waals surface area contributed by atoms with Crippen molar-refractivity contribution in [3.8, 4) is 5.75 Å². The van der Waals surface area contributed by atoms with Gasteiger partial charge in [0.15, 0.2) is 12.4 Å². The topological polar surface area (TPSA) is 56.5 Å².